The van der Waals surface area contributed by atoms with Crippen molar-refractivity contribution in [3.8, 4) is 0 Å². The molecule has 1 nitrogen and oxygen atoms in total. The zero-order valence-corrected chi connectivity index (χ0v) is 15.3. The van der Waals surface area contributed by atoms with E-state index in [9.17, 15) is 4.39 Å². The zero-order chi connectivity index (χ0) is 15.6. The molecule has 0 spiro atoms. The highest BCUT2D eigenvalue weighted by molar-refractivity contribution is 9.10. The maximum Gasteiger partial charge on any atom is 0.146 e. The van der Waals surface area contributed by atoms with Crippen LogP contribution < -0.4 is 5.32 Å². The summed E-state index contributed by atoms with van der Waals surface area (Å²) in [5.41, 5.74) is 0.876. The molecule has 2 unspecified atom stereocenters. The molecule has 0 saturated heterocycles. The normalized spacial score (nSPS) is 23.3. The van der Waals surface area contributed by atoms with E-state index >= 15 is 0 Å². The van der Waals surface area contributed by atoms with E-state index in [-0.39, 0.29) is 22.3 Å². The number of halogens is 3. The van der Waals surface area contributed by atoms with Gasteiger partial charge < -0.3 is 5.32 Å². The van der Waals surface area contributed by atoms with Gasteiger partial charge in [0.25, 0.3) is 0 Å². The van der Waals surface area contributed by atoms with E-state index in [2.05, 4.69) is 42.0 Å². The number of nitrogens with one attached hydrogen (secondary N) is 1. The van der Waals surface area contributed by atoms with Gasteiger partial charge in [-0.15, -0.1) is 0 Å². The quantitative estimate of drug-likeness (QED) is 0.647. The Labute approximate surface area is 140 Å². The van der Waals surface area contributed by atoms with Crippen LogP contribution in [0, 0.1) is 11.7 Å². The Morgan fingerprint density at radius 1 is 1.29 bits per heavy atom. The van der Waals surface area contributed by atoms with Gasteiger partial charge in [0.05, 0.1) is 5.02 Å². The Kier molecular flexibility index (Phi) is 5.72. The lowest BCUT2D eigenvalue weighted by Gasteiger charge is -2.34. The lowest BCUT2D eigenvalue weighted by atomic mass is 9.75. The molecule has 1 aliphatic carbocycles. The molecule has 21 heavy (non-hydrogen) atoms. The molecule has 1 saturated carbocycles. The van der Waals surface area contributed by atoms with Gasteiger partial charge in [0, 0.05) is 10.0 Å². The van der Waals surface area contributed by atoms with E-state index in [0.29, 0.717) is 10.4 Å². The first-order chi connectivity index (χ1) is 9.79. The van der Waals surface area contributed by atoms with Crippen molar-refractivity contribution in [1.82, 2.24) is 5.32 Å². The minimum absolute atomic E-state index is 0.0951. The molecule has 0 radical (unpaired) electrons. The van der Waals surface area contributed by atoms with Gasteiger partial charge in [-0.25, -0.2) is 4.39 Å². The third-order valence-electron chi connectivity index (χ3n) is 4.27. The van der Waals surface area contributed by atoms with Gasteiger partial charge in [-0.05, 0) is 79.6 Å². The van der Waals surface area contributed by atoms with E-state index in [1.165, 1.54) is 12.8 Å². The van der Waals surface area contributed by atoms with Crippen molar-refractivity contribution in [1.29, 1.82) is 0 Å². The van der Waals surface area contributed by atoms with Crippen molar-refractivity contribution < 1.29 is 4.39 Å². The predicted octanol–water partition coefficient (Wildman–Crippen LogP) is 5.90. The van der Waals surface area contributed by atoms with Crippen LogP contribution in [0.15, 0.2) is 16.6 Å². The van der Waals surface area contributed by atoms with Gasteiger partial charge in [-0.3, -0.25) is 0 Å². The summed E-state index contributed by atoms with van der Waals surface area (Å²) in [7, 11) is 0. The second-order valence-electron chi connectivity index (χ2n) is 7.05. The molecule has 4 heteroatoms. The van der Waals surface area contributed by atoms with Gasteiger partial charge >= 0.3 is 0 Å². The molecule has 2 atom stereocenters. The Bertz CT molecular complexity index is 498. The van der Waals surface area contributed by atoms with Crippen LogP contribution in [0.3, 0.4) is 0 Å². The second-order valence-corrected chi connectivity index (χ2v) is 8.28. The SMILES string of the molecule is CC(C)(C)NCC1CCCCC1c1ccc(Br)c(Cl)c1F. The monoisotopic (exact) mass is 375 g/mol. The molecular weight excluding hydrogens is 353 g/mol. The van der Waals surface area contributed by atoms with Gasteiger partial charge in [0.15, 0.2) is 0 Å². The standard InChI is InChI=1S/C17H24BrClFN/c1-17(2,3)21-10-11-6-4-5-7-12(11)13-8-9-14(18)15(19)16(13)20/h8-9,11-12,21H,4-7,10H2,1-3H3. The third-order valence-corrected chi connectivity index (χ3v) is 5.53. The van der Waals surface area contributed by atoms with Crippen molar-refractivity contribution in [2.24, 2.45) is 5.92 Å². The van der Waals surface area contributed by atoms with Crippen molar-refractivity contribution in [2.45, 2.75) is 57.9 Å². The molecule has 0 aliphatic heterocycles. The van der Waals surface area contributed by atoms with Crippen LogP contribution in [0.2, 0.25) is 5.02 Å². The molecule has 0 heterocycles. The minimum atomic E-state index is -0.251. The summed E-state index contributed by atoms with van der Waals surface area (Å²) < 4.78 is 15.1. The van der Waals surface area contributed by atoms with Gasteiger partial charge in [-0.1, -0.05) is 30.5 Å². The molecule has 1 N–H and O–H groups in total. The van der Waals surface area contributed by atoms with Crippen LogP contribution in [0.5, 0.6) is 0 Å². The van der Waals surface area contributed by atoms with Gasteiger partial charge in [-0.2, -0.15) is 0 Å². The lowest BCUT2D eigenvalue weighted by Crippen LogP contribution is -2.41. The van der Waals surface area contributed by atoms with Crippen molar-refractivity contribution in [3.05, 3.63) is 33.0 Å². The number of hydrogen-bond acceptors (Lipinski definition) is 1. The Morgan fingerprint density at radius 2 is 1.95 bits per heavy atom. The average molecular weight is 377 g/mol. The van der Waals surface area contributed by atoms with E-state index in [0.717, 1.165) is 24.9 Å². The van der Waals surface area contributed by atoms with Crippen LogP contribution in [-0.2, 0) is 0 Å². The summed E-state index contributed by atoms with van der Waals surface area (Å²) in [4.78, 5) is 0. The van der Waals surface area contributed by atoms with E-state index in [1.54, 1.807) is 0 Å². The fourth-order valence-electron chi connectivity index (χ4n) is 3.13. The summed E-state index contributed by atoms with van der Waals surface area (Å²) in [5.74, 6) is 0.489. The fraction of sp³-hybridized carbons (Fsp3) is 0.647. The fourth-order valence-corrected chi connectivity index (χ4v) is 3.60. The highest BCUT2D eigenvalue weighted by Gasteiger charge is 2.30. The Hall–Kier alpha value is -0.120. The van der Waals surface area contributed by atoms with Crippen molar-refractivity contribution in [3.63, 3.8) is 0 Å². The zero-order valence-electron chi connectivity index (χ0n) is 13.0. The molecule has 118 valence electrons. The Morgan fingerprint density at radius 3 is 2.62 bits per heavy atom. The van der Waals surface area contributed by atoms with Crippen LogP contribution in [-0.4, -0.2) is 12.1 Å². The predicted molar refractivity (Wildman–Crippen MR) is 91.6 cm³/mol. The van der Waals surface area contributed by atoms with E-state index < -0.39 is 0 Å². The van der Waals surface area contributed by atoms with Crippen LogP contribution >= 0.6 is 27.5 Å². The first kappa shape index (κ1) is 17.2. The summed E-state index contributed by atoms with van der Waals surface area (Å²) >= 11 is 9.35. The summed E-state index contributed by atoms with van der Waals surface area (Å²) in [6.45, 7) is 7.44. The number of hydrogen-bond donors (Lipinski definition) is 1. The molecule has 0 aromatic heterocycles. The number of rotatable bonds is 3. The van der Waals surface area contributed by atoms with Gasteiger partial charge in [0.2, 0.25) is 0 Å². The third kappa shape index (κ3) is 4.43. The van der Waals surface area contributed by atoms with Crippen molar-refractivity contribution >= 4 is 27.5 Å². The molecule has 1 aliphatic rings. The summed E-state index contributed by atoms with van der Waals surface area (Å²) in [6.07, 6.45) is 4.61. The van der Waals surface area contributed by atoms with Crippen LogP contribution in [0.25, 0.3) is 0 Å². The molecule has 0 bridgehead atoms. The second kappa shape index (κ2) is 6.97. The van der Waals surface area contributed by atoms with Crippen LogP contribution in [0.1, 0.15) is 57.9 Å². The molecule has 1 fully saturated rings. The maximum atomic E-state index is 14.5. The van der Waals surface area contributed by atoms with E-state index in [4.69, 9.17) is 11.6 Å². The first-order valence-electron chi connectivity index (χ1n) is 7.68. The Balaban J connectivity index is 2.21. The summed E-state index contributed by atoms with van der Waals surface area (Å²) in [6, 6.07) is 3.76. The highest BCUT2D eigenvalue weighted by Crippen LogP contribution is 2.41. The van der Waals surface area contributed by atoms with Gasteiger partial charge in [0.1, 0.15) is 5.82 Å². The number of benzene rings is 1. The molecule has 2 rings (SSSR count). The maximum absolute atomic E-state index is 14.5. The molecule has 0 amide bonds. The minimum Gasteiger partial charge on any atom is -0.312 e. The highest BCUT2D eigenvalue weighted by atomic mass is 79.9. The van der Waals surface area contributed by atoms with Crippen LogP contribution in [0.4, 0.5) is 4.39 Å². The molecule has 1 aromatic carbocycles. The largest absolute Gasteiger partial charge is 0.312 e. The molecule has 1 aromatic rings. The molecular formula is C17H24BrClFN. The van der Waals surface area contributed by atoms with Crippen molar-refractivity contribution in [2.75, 3.05) is 6.54 Å². The lowest BCUT2D eigenvalue weighted by molar-refractivity contribution is 0.265. The smallest absolute Gasteiger partial charge is 0.146 e. The van der Waals surface area contributed by atoms with E-state index in [1.807, 2.05) is 12.1 Å². The average Bonchev–Trinajstić information content (AvgIpc) is 2.43. The summed E-state index contributed by atoms with van der Waals surface area (Å²) in [5, 5.41) is 3.78. The topological polar surface area (TPSA) is 12.0 Å². The first-order valence-corrected chi connectivity index (χ1v) is 8.85.